The first-order valence-corrected chi connectivity index (χ1v) is 10.8. The summed E-state index contributed by atoms with van der Waals surface area (Å²) in [7, 11) is 0. The topological polar surface area (TPSA) is 70.5 Å². The molecule has 4 nitrogen and oxygen atoms in total. The molecule has 3 unspecified atom stereocenters. The minimum atomic E-state index is -4.55. The van der Waals surface area contributed by atoms with E-state index in [1.54, 1.807) is 6.07 Å². The summed E-state index contributed by atoms with van der Waals surface area (Å²) in [5.41, 5.74) is 10.5. The Morgan fingerprint density at radius 3 is 1.69 bits per heavy atom. The molecule has 0 amide bonds. The van der Waals surface area contributed by atoms with E-state index >= 15 is 0 Å². The lowest BCUT2D eigenvalue weighted by Crippen LogP contribution is -2.20. The number of anilines is 2. The van der Waals surface area contributed by atoms with Crippen molar-refractivity contribution < 1.29 is 35.8 Å². The van der Waals surface area contributed by atoms with Gasteiger partial charge < -0.3 is 20.9 Å². The van der Waals surface area contributed by atoms with E-state index < -0.39 is 34.9 Å². The van der Waals surface area contributed by atoms with E-state index in [0.29, 0.717) is 5.75 Å². The van der Waals surface area contributed by atoms with Crippen molar-refractivity contribution in [1.82, 2.24) is 0 Å². The lowest BCUT2D eigenvalue weighted by molar-refractivity contribution is -0.137. The summed E-state index contributed by atoms with van der Waals surface area (Å²) in [6.45, 7) is 0. The van der Waals surface area contributed by atoms with Crippen molar-refractivity contribution in [2.45, 2.75) is 43.1 Å². The number of hydrogen-bond acceptors (Lipinski definition) is 4. The van der Waals surface area contributed by atoms with E-state index in [-0.39, 0.29) is 29.4 Å². The molecule has 10 heteroatoms. The van der Waals surface area contributed by atoms with Gasteiger partial charge in [-0.3, -0.25) is 0 Å². The van der Waals surface area contributed by atoms with Gasteiger partial charge in [0.05, 0.1) is 11.1 Å². The molecule has 2 aliphatic rings. The quantitative estimate of drug-likeness (QED) is 0.300. The second-order valence-corrected chi connectivity index (χ2v) is 8.76. The number of fused-ring (bicyclic) bond motifs is 5. The van der Waals surface area contributed by atoms with Crippen LogP contribution < -0.4 is 20.9 Å². The van der Waals surface area contributed by atoms with Crippen LogP contribution in [0.4, 0.5) is 37.7 Å². The van der Waals surface area contributed by atoms with Gasteiger partial charge in [-0.05, 0) is 60.4 Å². The number of rotatable bonds is 4. The number of benzene rings is 3. The van der Waals surface area contributed by atoms with Crippen molar-refractivity contribution in [2.75, 3.05) is 11.5 Å². The van der Waals surface area contributed by atoms with Crippen molar-refractivity contribution in [1.29, 1.82) is 0 Å². The third-order valence-electron chi connectivity index (χ3n) is 6.60. The number of halogens is 6. The van der Waals surface area contributed by atoms with Gasteiger partial charge in [-0.2, -0.15) is 26.3 Å². The summed E-state index contributed by atoms with van der Waals surface area (Å²) in [6.07, 6.45) is -7.66. The van der Waals surface area contributed by atoms with Gasteiger partial charge in [0, 0.05) is 35.3 Å². The SMILES string of the molecule is Nc1cc(Oc2ccc3c(c2)C2CCC3C2Oc2ccc(C(F)(F)F)c(N)c2)ccc1C(F)(F)F. The minimum Gasteiger partial charge on any atom is -0.489 e. The molecule has 3 aromatic carbocycles. The Morgan fingerprint density at radius 1 is 0.629 bits per heavy atom. The Kier molecular flexibility index (Phi) is 5.30. The highest BCUT2D eigenvalue weighted by molar-refractivity contribution is 5.55. The Balaban J connectivity index is 1.35. The van der Waals surface area contributed by atoms with Gasteiger partial charge in [0.2, 0.25) is 0 Å². The zero-order valence-electron chi connectivity index (χ0n) is 18.1. The molecule has 0 aliphatic heterocycles. The second kappa shape index (κ2) is 8.00. The Labute approximate surface area is 196 Å². The second-order valence-electron chi connectivity index (χ2n) is 8.76. The van der Waals surface area contributed by atoms with Crippen molar-refractivity contribution in [3.05, 3.63) is 76.9 Å². The molecule has 0 spiro atoms. The molecule has 0 radical (unpaired) electrons. The van der Waals surface area contributed by atoms with Crippen molar-refractivity contribution >= 4 is 11.4 Å². The first-order chi connectivity index (χ1) is 16.4. The summed E-state index contributed by atoms with van der Waals surface area (Å²) >= 11 is 0. The zero-order valence-corrected chi connectivity index (χ0v) is 18.1. The van der Waals surface area contributed by atoms with Gasteiger partial charge in [-0.1, -0.05) is 6.07 Å². The van der Waals surface area contributed by atoms with Gasteiger partial charge in [-0.15, -0.1) is 0 Å². The Morgan fingerprint density at radius 2 is 1.11 bits per heavy atom. The standard InChI is InChI=1S/C25H20F6N2O2/c26-24(27,28)19-7-2-13(10-21(19)32)34-12-1-4-15-16-5-6-17(18(15)9-12)23(16)35-14-3-8-20(22(33)11-14)25(29,30)31/h1-4,7-11,16-17,23H,5-6,32-33H2. The number of hydrogen-bond donors (Lipinski definition) is 2. The molecular formula is C25H20F6N2O2. The highest BCUT2D eigenvalue weighted by Crippen LogP contribution is 2.55. The van der Waals surface area contributed by atoms with Crippen LogP contribution in [0.15, 0.2) is 54.6 Å². The first-order valence-electron chi connectivity index (χ1n) is 10.8. The number of nitrogens with two attached hydrogens (primary N) is 2. The van der Waals surface area contributed by atoms with E-state index in [1.165, 1.54) is 18.2 Å². The summed E-state index contributed by atoms with van der Waals surface area (Å²) in [5.74, 6) is 0.940. The zero-order chi connectivity index (χ0) is 25.1. The van der Waals surface area contributed by atoms with E-state index in [0.717, 1.165) is 42.2 Å². The summed E-state index contributed by atoms with van der Waals surface area (Å²) in [4.78, 5) is 0. The smallest absolute Gasteiger partial charge is 0.418 e. The third-order valence-corrected chi connectivity index (χ3v) is 6.60. The molecule has 184 valence electrons. The summed E-state index contributed by atoms with van der Waals surface area (Å²) < 4.78 is 89.7. The van der Waals surface area contributed by atoms with E-state index in [1.807, 2.05) is 12.1 Å². The maximum absolute atomic E-state index is 13.0. The van der Waals surface area contributed by atoms with Gasteiger partial charge >= 0.3 is 12.4 Å². The summed E-state index contributed by atoms with van der Waals surface area (Å²) in [5, 5.41) is 0. The Hall–Kier alpha value is -3.56. The molecule has 2 aliphatic carbocycles. The van der Waals surface area contributed by atoms with Crippen molar-refractivity contribution in [3.63, 3.8) is 0 Å². The predicted molar refractivity (Wildman–Crippen MR) is 117 cm³/mol. The fraction of sp³-hybridized carbons (Fsp3) is 0.280. The Bertz CT molecular complexity index is 1290. The lowest BCUT2D eigenvalue weighted by Gasteiger charge is -2.20. The van der Waals surface area contributed by atoms with Crippen LogP contribution in [0.2, 0.25) is 0 Å². The predicted octanol–water partition coefficient (Wildman–Crippen LogP) is 7.10. The molecule has 0 aromatic heterocycles. The molecule has 4 N–H and O–H groups in total. The molecule has 2 bridgehead atoms. The fourth-order valence-electron chi connectivity index (χ4n) is 5.10. The molecule has 0 saturated heterocycles. The highest BCUT2D eigenvalue weighted by Gasteiger charge is 2.48. The fourth-order valence-corrected chi connectivity index (χ4v) is 5.10. The maximum atomic E-state index is 13.0. The van der Waals surface area contributed by atoms with Crippen LogP contribution in [0.1, 0.15) is 46.9 Å². The van der Waals surface area contributed by atoms with Crippen LogP contribution in [0.3, 0.4) is 0 Å². The maximum Gasteiger partial charge on any atom is 0.418 e. The van der Waals surface area contributed by atoms with E-state index in [9.17, 15) is 26.3 Å². The van der Waals surface area contributed by atoms with Crippen molar-refractivity contribution in [2.24, 2.45) is 0 Å². The lowest BCUT2D eigenvalue weighted by atomic mass is 9.92. The van der Waals surface area contributed by atoms with Crippen molar-refractivity contribution in [3.8, 4) is 17.2 Å². The van der Waals surface area contributed by atoms with Crippen LogP contribution in [-0.4, -0.2) is 6.10 Å². The van der Waals surface area contributed by atoms with Crippen LogP contribution >= 0.6 is 0 Å². The molecule has 1 fully saturated rings. The average molecular weight is 494 g/mol. The minimum absolute atomic E-state index is 0.000239. The van der Waals surface area contributed by atoms with Crippen LogP contribution in [0, 0.1) is 0 Å². The number of alkyl halides is 6. The van der Waals surface area contributed by atoms with Gasteiger partial charge in [0.1, 0.15) is 23.4 Å². The molecule has 3 aromatic rings. The average Bonchev–Trinajstić information content (AvgIpc) is 3.27. The normalized spacial score (nSPS) is 21.1. The molecule has 3 atom stereocenters. The summed E-state index contributed by atoms with van der Waals surface area (Å²) in [6, 6.07) is 12.0. The molecular weight excluding hydrogens is 474 g/mol. The molecule has 35 heavy (non-hydrogen) atoms. The van der Waals surface area contributed by atoms with E-state index in [4.69, 9.17) is 20.9 Å². The number of nitrogen functional groups attached to an aromatic ring is 2. The largest absolute Gasteiger partial charge is 0.489 e. The van der Waals surface area contributed by atoms with Crippen LogP contribution in [-0.2, 0) is 12.4 Å². The van der Waals surface area contributed by atoms with Gasteiger partial charge in [0.25, 0.3) is 0 Å². The first kappa shape index (κ1) is 23.2. The highest BCUT2D eigenvalue weighted by atomic mass is 19.4. The molecule has 0 heterocycles. The third kappa shape index (κ3) is 4.21. The molecule has 1 saturated carbocycles. The van der Waals surface area contributed by atoms with Crippen LogP contribution in [0.25, 0.3) is 0 Å². The van der Waals surface area contributed by atoms with E-state index in [2.05, 4.69) is 0 Å². The van der Waals surface area contributed by atoms with Gasteiger partial charge in [0.15, 0.2) is 0 Å². The molecule has 5 rings (SSSR count). The van der Waals surface area contributed by atoms with Gasteiger partial charge in [-0.25, -0.2) is 0 Å². The number of ether oxygens (including phenoxy) is 2. The van der Waals surface area contributed by atoms with Crippen LogP contribution in [0.5, 0.6) is 17.2 Å². The monoisotopic (exact) mass is 494 g/mol.